The SMILES string of the molecule is CC1CN(c2cc(F)ncn2)CC(=O)N1. The average molecular weight is 210 g/mol. The van der Waals surface area contributed by atoms with Gasteiger partial charge in [0.05, 0.1) is 6.54 Å². The van der Waals surface area contributed by atoms with Crippen LogP contribution in [0.4, 0.5) is 10.2 Å². The van der Waals surface area contributed by atoms with Crippen molar-refractivity contribution < 1.29 is 9.18 Å². The van der Waals surface area contributed by atoms with E-state index in [0.29, 0.717) is 12.4 Å². The van der Waals surface area contributed by atoms with E-state index in [9.17, 15) is 9.18 Å². The normalized spacial score (nSPS) is 21.3. The predicted octanol–water partition coefficient (Wildman–Crippen LogP) is -0.0596. The Kier molecular flexibility index (Phi) is 2.49. The summed E-state index contributed by atoms with van der Waals surface area (Å²) < 4.78 is 12.8. The minimum Gasteiger partial charge on any atom is -0.350 e. The maximum absolute atomic E-state index is 12.8. The average Bonchev–Trinajstić information content (AvgIpc) is 2.16. The Morgan fingerprint density at radius 2 is 2.40 bits per heavy atom. The summed E-state index contributed by atoms with van der Waals surface area (Å²) in [7, 11) is 0. The minimum absolute atomic E-state index is 0.0456. The van der Waals surface area contributed by atoms with Crippen LogP contribution in [0.15, 0.2) is 12.4 Å². The third kappa shape index (κ3) is 2.20. The van der Waals surface area contributed by atoms with Crippen LogP contribution in [0.2, 0.25) is 0 Å². The third-order valence-electron chi connectivity index (χ3n) is 2.18. The molecule has 1 aliphatic rings. The number of hydrogen-bond acceptors (Lipinski definition) is 4. The summed E-state index contributed by atoms with van der Waals surface area (Å²) >= 11 is 0. The fraction of sp³-hybridized carbons (Fsp3) is 0.444. The molecule has 5 nitrogen and oxygen atoms in total. The lowest BCUT2D eigenvalue weighted by molar-refractivity contribution is -0.121. The highest BCUT2D eigenvalue weighted by molar-refractivity contribution is 5.82. The standard InChI is InChI=1S/C9H11FN4O/c1-6-3-14(4-9(15)13-6)8-2-7(10)11-5-12-8/h2,5-6H,3-4H2,1H3,(H,13,15). The first-order valence-corrected chi connectivity index (χ1v) is 4.67. The van der Waals surface area contributed by atoms with Gasteiger partial charge in [-0.1, -0.05) is 0 Å². The third-order valence-corrected chi connectivity index (χ3v) is 2.18. The molecule has 2 heterocycles. The van der Waals surface area contributed by atoms with Crippen molar-refractivity contribution in [3.8, 4) is 0 Å². The topological polar surface area (TPSA) is 58.1 Å². The Morgan fingerprint density at radius 1 is 1.60 bits per heavy atom. The van der Waals surface area contributed by atoms with E-state index in [1.165, 1.54) is 6.07 Å². The summed E-state index contributed by atoms with van der Waals surface area (Å²) in [5.74, 6) is -0.212. The van der Waals surface area contributed by atoms with Gasteiger partial charge in [0, 0.05) is 18.7 Å². The number of nitrogens with zero attached hydrogens (tertiary/aromatic N) is 3. The Bertz CT molecular complexity index is 384. The molecule has 0 bridgehead atoms. The lowest BCUT2D eigenvalue weighted by Gasteiger charge is -2.31. The molecule has 15 heavy (non-hydrogen) atoms. The first kappa shape index (κ1) is 9.82. The fourth-order valence-corrected chi connectivity index (χ4v) is 1.61. The highest BCUT2D eigenvalue weighted by atomic mass is 19.1. The number of nitrogens with one attached hydrogen (secondary N) is 1. The van der Waals surface area contributed by atoms with Gasteiger partial charge in [0.2, 0.25) is 11.9 Å². The second kappa shape index (κ2) is 3.80. The van der Waals surface area contributed by atoms with Crippen molar-refractivity contribution in [2.75, 3.05) is 18.0 Å². The van der Waals surface area contributed by atoms with E-state index in [1.54, 1.807) is 4.90 Å². The molecule has 0 aliphatic carbocycles. The highest BCUT2D eigenvalue weighted by Crippen LogP contribution is 2.12. The van der Waals surface area contributed by atoms with Crippen LogP contribution < -0.4 is 10.2 Å². The predicted molar refractivity (Wildman–Crippen MR) is 51.8 cm³/mol. The molecular formula is C9H11FN4O. The van der Waals surface area contributed by atoms with Crippen LogP contribution in [0.3, 0.4) is 0 Å². The van der Waals surface area contributed by atoms with Crippen LogP contribution in [0, 0.1) is 5.95 Å². The van der Waals surface area contributed by atoms with Crippen molar-refractivity contribution in [2.24, 2.45) is 0 Å². The summed E-state index contributed by atoms with van der Waals surface area (Å²) in [6, 6.07) is 1.27. The minimum atomic E-state index is -0.585. The summed E-state index contributed by atoms with van der Waals surface area (Å²) in [4.78, 5) is 20.3. The number of carbonyl (C=O) groups is 1. The largest absolute Gasteiger partial charge is 0.350 e. The summed E-state index contributed by atoms with van der Waals surface area (Å²) in [6.07, 6.45) is 1.15. The van der Waals surface area contributed by atoms with Gasteiger partial charge in [0.1, 0.15) is 12.1 Å². The van der Waals surface area contributed by atoms with Crippen molar-refractivity contribution in [2.45, 2.75) is 13.0 Å². The lowest BCUT2D eigenvalue weighted by Crippen LogP contribution is -2.53. The van der Waals surface area contributed by atoms with E-state index in [2.05, 4.69) is 15.3 Å². The molecular weight excluding hydrogens is 199 g/mol. The van der Waals surface area contributed by atoms with Gasteiger partial charge in [-0.2, -0.15) is 4.39 Å². The molecule has 1 aliphatic heterocycles. The molecule has 1 N–H and O–H groups in total. The van der Waals surface area contributed by atoms with E-state index in [0.717, 1.165) is 6.33 Å². The zero-order chi connectivity index (χ0) is 10.8. The number of amides is 1. The van der Waals surface area contributed by atoms with Crippen molar-refractivity contribution >= 4 is 11.7 Å². The lowest BCUT2D eigenvalue weighted by atomic mass is 10.2. The summed E-state index contributed by atoms with van der Waals surface area (Å²) in [6.45, 7) is 2.73. The van der Waals surface area contributed by atoms with Gasteiger partial charge in [0.15, 0.2) is 0 Å². The van der Waals surface area contributed by atoms with Crippen LogP contribution in [0.25, 0.3) is 0 Å². The second-order valence-corrected chi connectivity index (χ2v) is 3.55. The zero-order valence-corrected chi connectivity index (χ0v) is 8.27. The highest BCUT2D eigenvalue weighted by Gasteiger charge is 2.22. The van der Waals surface area contributed by atoms with Gasteiger partial charge in [-0.3, -0.25) is 4.79 Å². The number of aromatic nitrogens is 2. The molecule has 0 saturated carbocycles. The number of carbonyl (C=O) groups excluding carboxylic acids is 1. The maximum Gasteiger partial charge on any atom is 0.239 e. The van der Waals surface area contributed by atoms with Gasteiger partial charge in [-0.15, -0.1) is 0 Å². The Labute approximate surface area is 86.3 Å². The van der Waals surface area contributed by atoms with Gasteiger partial charge in [-0.05, 0) is 6.92 Å². The van der Waals surface area contributed by atoms with E-state index < -0.39 is 5.95 Å². The molecule has 1 fully saturated rings. The number of anilines is 1. The van der Waals surface area contributed by atoms with Crippen molar-refractivity contribution in [3.63, 3.8) is 0 Å². The molecule has 0 radical (unpaired) electrons. The Hall–Kier alpha value is -1.72. The van der Waals surface area contributed by atoms with Crippen LogP contribution in [0.5, 0.6) is 0 Å². The van der Waals surface area contributed by atoms with E-state index in [4.69, 9.17) is 0 Å². The second-order valence-electron chi connectivity index (χ2n) is 3.55. The summed E-state index contributed by atoms with van der Waals surface area (Å²) in [5, 5.41) is 2.78. The van der Waals surface area contributed by atoms with E-state index in [1.807, 2.05) is 6.92 Å². The quantitative estimate of drug-likeness (QED) is 0.660. The van der Waals surface area contributed by atoms with Crippen molar-refractivity contribution in [3.05, 3.63) is 18.3 Å². The van der Waals surface area contributed by atoms with Gasteiger partial charge in [-0.25, -0.2) is 9.97 Å². The number of piperazine rings is 1. The van der Waals surface area contributed by atoms with Crippen LogP contribution >= 0.6 is 0 Å². The van der Waals surface area contributed by atoms with Crippen molar-refractivity contribution in [1.29, 1.82) is 0 Å². The molecule has 0 spiro atoms. The molecule has 6 heteroatoms. The first-order chi connectivity index (χ1) is 7.15. The fourth-order valence-electron chi connectivity index (χ4n) is 1.61. The molecule has 0 aromatic carbocycles. The molecule has 1 aromatic rings. The Morgan fingerprint density at radius 3 is 3.07 bits per heavy atom. The molecule has 1 unspecified atom stereocenters. The molecule has 1 amide bonds. The monoisotopic (exact) mass is 210 g/mol. The zero-order valence-electron chi connectivity index (χ0n) is 8.27. The molecule has 1 saturated heterocycles. The van der Waals surface area contributed by atoms with E-state index in [-0.39, 0.29) is 18.5 Å². The van der Waals surface area contributed by atoms with Gasteiger partial charge < -0.3 is 10.2 Å². The number of rotatable bonds is 1. The molecule has 1 aromatic heterocycles. The van der Waals surface area contributed by atoms with E-state index >= 15 is 0 Å². The summed E-state index contributed by atoms with van der Waals surface area (Å²) in [5.41, 5.74) is 0. The van der Waals surface area contributed by atoms with Crippen molar-refractivity contribution in [1.82, 2.24) is 15.3 Å². The maximum atomic E-state index is 12.8. The van der Waals surface area contributed by atoms with Crippen LogP contribution in [-0.4, -0.2) is 35.0 Å². The molecule has 1 atom stereocenters. The smallest absolute Gasteiger partial charge is 0.239 e. The van der Waals surface area contributed by atoms with Crippen LogP contribution in [0.1, 0.15) is 6.92 Å². The molecule has 2 rings (SSSR count). The Balaban J connectivity index is 2.19. The first-order valence-electron chi connectivity index (χ1n) is 4.67. The molecule has 80 valence electrons. The number of hydrogen-bond donors (Lipinski definition) is 1. The van der Waals surface area contributed by atoms with Gasteiger partial charge in [0.25, 0.3) is 0 Å². The van der Waals surface area contributed by atoms with Gasteiger partial charge >= 0.3 is 0 Å². The van der Waals surface area contributed by atoms with Crippen LogP contribution in [-0.2, 0) is 4.79 Å². The number of halogens is 1.